The van der Waals surface area contributed by atoms with Crippen LogP contribution >= 0.6 is 11.6 Å². The fourth-order valence-electron chi connectivity index (χ4n) is 0.725. The van der Waals surface area contributed by atoms with Gasteiger partial charge in [-0.1, -0.05) is 16.7 Å². The molecule has 0 radical (unpaired) electrons. The third kappa shape index (κ3) is 1.03. The molecule has 0 saturated carbocycles. The fourth-order valence-corrected chi connectivity index (χ4v) is 0.970. The first-order valence-electron chi connectivity index (χ1n) is 2.87. The molecule has 0 spiro atoms. The fraction of sp³-hybridized carbons (Fsp3) is 0.200. The molecule has 0 fully saturated rings. The number of amides is 2. The summed E-state index contributed by atoms with van der Waals surface area (Å²) in [6.07, 6.45) is 0. The van der Waals surface area contributed by atoms with Gasteiger partial charge in [0, 0.05) is 12.0 Å². The zero-order chi connectivity index (χ0) is 9.30. The van der Waals surface area contributed by atoms with Crippen molar-refractivity contribution >= 4 is 23.4 Å². The lowest BCUT2D eigenvalue weighted by Crippen LogP contribution is -2.26. The van der Waals surface area contributed by atoms with Crippen molar-refractivity contribution < 1.29 is 9.59 Å². The van der Waals surface area contributed by atoms with Gasteiger partial charge in [-0.2, -0.15) is 0 Å². The Morgan fingerprint density at radius 3 is 2.42 bits per heavy atom. The molecule has 2 amide bonds. The summed E-state index contributed by atoms with van der Waals surface area (Å²) in [5.74, 6) is -1.33. The molecule has 1 rings (SSSR count). The number of carbonyl (C=O) groups is 2. The number of rotatable bonds is 1. The molecule has 0 bridgehead atoms. The van der Waals surface area contributed by atoms with Gasteiger partial charge in [-0.05, 0) is 5.53 Å². The van der Waals surface area contributed by atoms with Gasteiger partial charge in [0.05, 0.1) is 0 Å². The maximum absolute atomic E-state index is 11.0. The summed E-state index contributed by atoms with van der Waals surface area (Å²) < 4.78 is 0. The molecule has 0 aromatic carbocycles. The van der Waals surface area contributed by atoms with Crippen molar-refractivity contribution in [3.63, 3.8) is 0 Å². The lowest BCUT2D eigenvalue weighted by molar-refractivity contribution is -0.135. The van der Waals surface area contributed by atoms with E-state index in [4.69, 9.17) is 17.1 Å². The Balaban J connectivity index is 3.21. The first-order chi connectivity index (χ1) is 5.59. The minimum Gasteiger partial charge on any atom is -0.277 e. The maximum Gasteiger partial charge on any atom is 0.272 e. The van der Waals surface area contributed by atoms with Crippen LogP contribution in [0.3, 0.4) is 0 Å². The Morgan fingerprint density at radius 2 is 2.08 bits per heavy atom. The summed E-state index contributed by atoms with van der Waals surface area (Å²) in [6, 6.07) is 0. The average Bonchev–Trinajstić information content (AvgIpc) is 2.23. The van der Waals surface area contributed by atoms with E-state index in [0.717, 1.165) is 4.90 Å². The lowest BCUT2D eigenvalue weighted by Gasteiger charge is -2.03. The van der Waals surface area contributed by atoms with E-state index in [-0.39, 0.29) is 10.7 Å². The van der Waals surface area contributed by atoms with Crippen LogP contribution in [0.1, 0.15) is 0 Å². The van der Waals surface area contributed by atoms with E-state index in [9.17, 15) is 9.59 Å². The molecule has 62 valence electrons. The van der Waals surface area contributed by atoms with Gasteiger partial charge in [0.1, 0.15) is 10.7 Å². The predicted molar refractivity (Wildman–Crippen MR) is 39.8 cm³/mol. The first-order valence-corrected chi connectivity index (χ1v) is 3.24. The third-order valence-electron chi connectivity index (χ3n) is 1.35. The molecule has 1 aliphatic rings. The number of nitrogens with zero attached hydrogens (tertiary/aromatic N) is 4. The second-order valence-electron chi connectivity index (χ2n) is 2.02. The van der Waals surface area contributed by atoms with Crippen LogP contribution in [-0.4, -0.2) is 23.8 Å². The summed E-state index contributed by atoms with van der Waals surface area (Å²) in [7, 11) is 1.26. The summed E-state index contributed by atoms with van der Waals surface area (Å²) in [5.41, 5.74) is 7.68. The molecule has 12 heavy (non-hydrogen) atoms. The van der Waals surface area contributed by atoms with Gasteiger partial charge in [0.25, 0.3) is 11.8 Å². The van der Waals surface area contributed by atoms with Gasteiger partial charge >= 0.3 is 0 Å². The van der Waals surface area contributed by atoms with Gasteiger partial charge in [-0.3, -0.25) is 14.5 Å². The van der Waals surface area contributed by atoms with Gasteiger partial charge in [-0.15, -0.1) is 0 Å². The Kier molecular flexibility index (Phi) is 2.03. The second kappa shape index (κ2) is 2.84. The van der Waals surface area contributed by atoms with Crippen molar-refractivity contribution in [3.8, 4) is 0 Å². The van der Waals surface area contributed by atoms with E-state index in [1.807, 2.05) is 0 Å². The number of imide groups is 1. The smallest absolute Gasteiger partial charge is 0.272 e. The van der Waals surface area contributed by atoms with Crippen LogP contribution in [-0.2, 0) is 9.59 Å². The topological polar surface area (TPSA) is 86.1 Å². The normalized spacial score (nSPS) is 17.0. The van der Waals surface area contributed by atoms with Crippen LogP contribution in [0, 0.1) is 0 Å². The van der Waals surface area contributed by atoms with E-state index in [2.05, 4.69) is 10.0 Å². The van der Waals surface area contributed by atoms with Crippen molar-refractivity contribution in [1.29, 1.82) is 0 Å². The van der Waals surface area contributed by atoms with Crippen molar-refractivity contribution in [2.24, 2.45) is 5.11 Å². The molecule has 0 aromatic rings. The minimum absolute atomic E-state index is 0.333. The molecule has 0 aliphatic carbocycles. The maximum atomic E-state index is 11.0. The van der Waals surface area contributed by atoms with Crippen LogP contribution < -0.4 is 0 Å². The zero-order valence-electron chi connectivity index (χ0n) is 5.98. The number of carbonyl (C=O) groups excluding carboxylic acids is 2. The van der Waals surface area contributed by atoms with Gasteiger partial charge in [0.2, 0.25) is 0 Å². The van der Waals surface area contributed by atoms with Crippen molar-refractivity contribution in [1.82, 2.24) is 4.90 Å². The predicted octanol–water partition coefficient (Wildman–Crippen LogP) is 0.746. The molecule has 0 unspecified atom stereocenters. The summed E-state index contributed by atoms with van der Waals surface area (Å²) in [4.78, 5) is 25.1. The summed E-state index contributed by atoms with van der Waals surface area (Å²) >= 11 is 5.40. The van der Waals surface area contributed by atoms with Crippen LogP contribution in [0.2, 0.25) is 0 Å². The molecular weight excluding hydrogens is 184 g/mol. The highest BCUT2D eigenvalue weighted by Crippen LogP contribution is 2.23. The largest absolute Gasteiger partial charge is 0.277 e. The molecule has 6 nitrogen and oxygen atoms in total. The molecular formula is C5H3ClN4O2. The minimum atomic E-state index is -0.678. The van der Waals surface area contributed by atoms with Crippen LogP contribution in [0.4, 0.5) is 0 Å². The highest BCUT2D eigenvalue weighted by Gasteiger charge is 2.33. The zero-order valence-corrected chi connectivity index (χ0v) is 6.74. The van der Waals surface area contributed by atoms with Crippen LogP contribution in [0.15, 0.2) is 15.8 Å². The Hall–Kier alpha value is -1.52. The highest BCUT2D eigenvalue weighted by atomic mass is 35.5. The van der Waals surface area contributed by atoms with E-state index >= 15 is 0 Å². The van der Waals surface area contributed by atoms with Crippen molar-refractivity contribution in [2.45, 2.75) is 0 Å². The average molecular weight is 187 g/mol. The Bertz CT molecular complexity index is 341. The SMILES string of the molecule is CN1C(=O)C(Cl)=C(N=[N+]=[N-])C1=O. The number of hydrogen-bond acceptors (Lipinski definition) is 3. The number of halogens is 1. The van der Waals surface area contributed by atoms with Gasteiger partial charge in [-0.25, -0.2) is 0 Å². The first kappa shape index (κ1) is 8.58. The number of azide groups is 1. The lowest BCUT2D eigenvalue weighted by atomic mass is 10.4. The molecule has 0 saturated heterocycles. The summed E-state index contributed by atoms with van der Waals surface area (Å²) in [5, 5.41) is 2.67. The monoisotopic (exact) mass is 186 g/mol. The quantitative estimate of drug-likeness (QED) is 0.262. The van der Waals surface area contributed by atoms with E-state index in [0.29, 0.717) is 0 Å². The molecule has 1 heterocycles. The van der Waals surface area contributed by atoms with Crippen molar-refractivity contribution in [3.05, 3.63) is 21.2 Å². The number of likely N-dealkylation sites (N-methyl/N-ethyl adjacent to an activating group) is 1. The molecule has 0 N–H and O–H groups in total. The third-order valence-corrected chi connectivity index (χ3v) is 1.69. The van der Waals surface area contributed by atoms with E-state index in [1.165, 1.54) is 7.05 Å². The van der Waals surface area contributed by atoms with Gasteiger partial charge in [0.15, 0.2) is 0 Å². The second-order valence-corrected chi connectivity index (χ2v) is 2.40. The van der Waals surface area contributed by atoms with Gasteiger partial charge < -0.3 is 0 Å². The molecule has 7 heteroatoms. The highest BCUT2D eigenvalue weighted by molar-refractivity contribution is 6.47. The summed E-state index contributed by atoms with van der Waals surface area (Å²) in [6.45, 7) is 0. The van der Waals surface area contributed by atoms with E-state index in [1.54, 1.807) is 0 Å². The van der Waals surface area contributed by atoms with E-state index < -0.39 is 11.8 Å². The molecule has 1 aliphatic heterocycles. The Morgan fingerprint density at radius 1 is 1.50 bits per heavy atom. The molecule has 0 atom stereocenters. The standard InChI is InChI=1S/C5H3ClN4O2/c1-10-4(11)2(6)3(5(10)12)8-9-7/h1H3. The molecule has 0 aromatic heterocycles. The number of hydrogen-bond donors (Lipinski definition) is 0. The van der Waals surface area contributed by atoms with Crippen LogP contribution in [0.5, 0.6) is 0 Å². The van der Waals surface area contributed by atoms with Crippen LogP contribution in [0.25, 0.3) is 10.4 Å². The Labute approximate surface area is 72.0 Å². The van der Waals surface area contributed by atoms with Crippen molar-refractivity contribution in [2.75, 3.05) is 7.05 Å².